The highest BCUT2D eigenvalue weighted by Gasteiger charge is 2.26. The summed E-state index contributed by atoms with van der Waals surface area (Å²) in [5.41, 5.74) is 0.686. The van der Waals surface area contributed by atoms with Gasteiger partial charge in [-0.05, 0) is 17.1 Å². The summed E-state index contributed by atoms with van der Waals surface area (Å²) in [6.07, 6.45) is 1.21. The van der Waals surface area contributed by atoms with Crippen LogP contribution >= 0.6 is 11.3 Å². The summed E-state index contributed by atoms with van der Waals surface area (Å²) < 4.78 is 1.39. The zero-order chi connectivity index (χ0) is 19.7. The van der Waals surface area contributed by atoms with Crippen LogP contribution in [0.1, 0.15) is 10.4 Å². The smallest absolute Gasteiger partial charge is 0.342 e. The third-order valence-electron chi connectivity index (χ3n) is 4.61. The average Bonchev–Trinajstić information content (AvgIpc) is 3.35. The molecule has 1 aromatic carbocycles. The number of amides is 1. The Labute approximate surface area is 164 Å². The van der Waals surface area contributed by atoms with Crippen molar-refractivity contribution in [2.45, 2.75) is 0 Å². The van der Waals surface area contributed by atoms with E-state index in [1.165, 1.54) is 22.1 Å². The zero-order valence-electron chi connectivity index (χ0n) is 15.1. The Morgan fingerprint density at radius 3 is 2.50 bits per heavy atom. The molecule has 144 valence electrons. The maximum Gasteiger partial charge on any atom is 0.342 e. The van der Waals surface area contributed by atoms with Gasteiger partial charge < -0.3 is 19.9 Å². The number of aromatic nitrogens is 4. The number of carbonyl (C=O) groups is 1. The Kier molecular flexibility index (Phi) is 4.74. The maximum absolute atomic E-state index is 12.5. The van der Waals surface area contributed by atoms with Crippen molar-refractivity contribution in [3.05, 3.63) is 52.2 Å². The summed E-state index contributed by atoms with van der Waals surface area (Å²) in [6, 6.07) is 9.23. The number of rotatable bonds is 4. The topological polar surface area (TPSA) is 110 Å². The molecule has 3 heterocycles. The zero-order valence-corrected chi connectivity index (χ0v) is 15.9. The van der Waals surface area contributed by atoms with Gasteiger partial charge in [0.05, 0.1) is 7.05 Å². The first-order valence-corrected chi connectivity index (χ1v) is 9.45. The van der Waals surface area contributed by atoms with Crippen LogP contribution in [0.15, 0.2) is 36.5 Å². The standard InChI is InChI=1S/C17H17N7O3S/c1-21-13(24(26)27)11-18-14(21)15-19-20-17(28-15)23-9-7-22(8-10-23)16(25)12-5-3-2-4-6-12/h2-6,11H,7-10H2,1H3. The molecule has 0 spiro atoms. The second-order valence-corrected chi connectivity index (χ2v) is 7.25. The SMILES string of the molecule is Cn1c([N+](=O)[O-])cnc1-c1nnc(N2CCN(C(=O)c3ccccc3)CC2)s1. The van der Waals surface area contributed by atoms with Crippen molar-refractivity contribution in [3.63, 3.8) is 0 Å². The highest BCUT2D eigenvalue weighted by Crippen LogP contribution is 2.30. The highest BCUT2D eigenvalue weighted by atomic mass is 32.1. The van der Waals surface area contributed by atoms with Crippen LogP contribution in [0.5, 0.6) is 0 Å². The fraction of sp³-hybridized carbons (Fsp3) is 0.294. The van der Waals surface area contributed by atoms with Gasteiger partial charge in [-0.1, -0.05) is 29.5 Å². The number of piperazine rings is 1. The lowest BCUT2D eigenvalue weighted by Gasteiger charge is -2.34. The number of carbonyl (C=O) groups excluding carboxylic acids is 1. The normalized spacial score (nSPS) is 14.3. The number of anilines is 1. The lowest BCUT2D eigenvalue weighted by atomic mass is 10.2. The lowest BCUT2D eigenvalue weighted by Crippen LogP contribution is -2.48. The molecule has 0 N–H and O–H groups in total. The van der Waals surface area contributed by atoms with Crippen molar-refractivity contribution in [1.29, 1.82) is 0 Å². The highest BCUT2D eigenvalue weighted by molar-refractivity contribution is 7.18. The molecule has 0 atom stereocenters. The molecule has 2 aromatic heterocycles. The van der Waals surface area contributed by atoms with E-state index in [-0.39, 0.29) is 11.7 Å². The number of benzene rings is 1. The summed E-state index contributed by atoms with van der Waals surface area (Å²) in [6.45, 7) is 2.48. The fourth-order valence-corrected chi connectivity index (χ4v) is 4.00. The van der Waals surface area contributed by atoms with Crippen molar-refractivity contribution in [1.82, 2.24) is 24.6 Å². The van der Waals surface area contributed by atoms with Crippen LogP contribution in [0, 0.1) is 10.1 Å². The molecule has 1 aliphatic heterocycles. The van der Waals surface area contributed by atoms with Crippen molar-refractivity contribution >= 4 is 28.2 Å². The number of imidazole rings is 1. The van der Waals surface area contributed by atoms with Gasteiger partial charge >= 0.3 is 5.82 Å². The molecule has 10 nitrogen and oxygen atoms in total. The number of nitro groups is 1. The molecular weight excluding hydrogens is 382 g/mol. The quantitative estimate of drug-likeness (QED) is 0.486. The minimum absolute atomic E-state index is 0.0264. The molecule has 3 aromatic rings. The van der Waals surface area contributed by atoms with Gasteiger partial charge in [0.2, 0.25) is 10.1 Å². The van der Waals surface area contributed by atoms with E-state index in [1.54, 1.807) is 7.05 Å². The first kappa shape index (κ1) is 18.0. The number of hydrogen-bond acceptors (Lipinski definition) is 8. The summed E-state index contributed by atoms with van der Waals surface area (Å²) >= 11 is 1.33. The Morgan fingerprint density at radius 2 is 1.86 bits per heavy atom. The van der Waals surface area contributed by atoms with E-state index in [1.807, 2.05) is 35.2 Å². The van der Waals surface area contributed by atoms with Crippen LogP contribution in [0.25, 0.3) is 10.8 Å². The van der Waals surface area contributed by atoms with Crippen LogP contribution < -0.4 is 4.90 Å². The molecule has 4 rings (SSSR count). The lowest BCUT2D eigenvalue weighted by molar-refractivity contribution is -0.391. The monoisotopic (exact) mass is 399 g/mol. The van der Waals surface area contributed by atoms with Gasteiger partial charge in [-0.2, -0.15) is 0 Å². The molecule has 28 heavy (non-hydrogen) atoms. The second-order valence-electron chi connectivity index (χ2n) is 6.29. The van der Waals surface area contributed by atoms with Crippen molar-refractivity contribution in [2.24, 2.45) is 7.05 Å². The van der Waals surface area contributed by atoms with E-state index in [0.29, 0.717) is 47.7 Å². The predicted octanol–water partition coefficient (Wildman–Crippen LogP) is 1.81. The fourth-order valence-electron chi connectivity index (χ4n) is 3.07. The van der Waals surface area contributed by atoms with Crippen LogP contribution in [0.3, 0.4) is 0 Å². The van der Waals surface area contributed by atoms with Gasteiger partial charge in [0.15, 0.2) is 0 Å². The number of nitrogens with zero attached hydrogens (tertiary/aromatic N) is 7. The molecule has 1 fully saturated rings. The van der Waals surface area contributed by atoms with Crippen LogP contribution in [0.2, 0.25) is 0 Å². The van der Waals surface area contributed by atoms with E-state index in [2.05, 4.69) is 20.1 Å². The molecule has 0 aliphatic carbocycles. The maximum atomic E-state index is 12.5. The summed E-state index contributed by atoms with van der Waals surface area (Å²) in [7, 11) is 1.58. The predicted molar refractivity (Wildman–Crippen MR) is 103 cm³/mol. The van der Waals surface area contributed by atoms with Crippen molar-refractivity contribution in [2.75, 3.05) is 31.1 Å². The molecule has 0 saturated carbocycles. The molecule has 0 radical (unpaired) electrons. The van der Waals surface area contributed by atoms with Crippen LogP contribution in [0.4, 0.5) is 10.9 Å². The van der Waals surface area contributed by atoms with Crippen LogP contribution in [-0.4, -0.2) is 61.7 Å². The molecule has 1 aliphatic rings. The van der Waals surface area contributed by atoms with E-state index in [0.717, 1.165) is 0 Å². The Bertz CT molecular complexity index is 1010. The van der Waals surface area contributed by atoms with E-state index < -0.39 is 4.92 Å². The van der Waals surface area contributed by atoms with Gasteiger partial charge in [-0.3, -0.25) is 4.79 Å². The molecule has 0 bridgehead atoms. The van der Waals surface area contributed by atoms with Gasteiger partial charge in [-0.15, -0.1) is 10.2 Å². The minimum Gasteiger partial charge on any atom is -0.358 e. The first-order chi connectivity index (χ1) is 13.5. The Balaban J connectivity index is 1.44. The summed E-state index contributed by atoms with van der Waals surface area (Å²) in [5, 5.41) is 20.6. The van der Waals surface area contributed by atoms with Gasteiger partial charge in [-0.25, -0.2) is 9.55 Å². The van der Waals surface area contributed by atoms with Crippen molar-refractivity contribution < 1.29 is 9.72 Å². The summed E-state index contributed by atoms with van der Waals surface area (Å²) in [4.78, 5) is 31.0. The van der Waals surface area contributed by atoms with Gasteiger partial charge in [0, 0.05) is 31.7 Å². The Hall–Kier alpha value is -3.34. The third kappa shape index (κ3) is 3.31. The largest absolute Gasteiger partial charge is 0.358 e. The molecular formula is C17H17N7O3S. The van der Waals surface area contributed by atoms with Gasteiger partial charge in [0.1, 0.15) is 6.20 Å². The minimum atomic E-state index is -0.485. The molecule has 1 amide bonds. The van der Waals surface area contributed by atoms with E-state index in [9.17, 15) is 14.9 Å². The molecule has 0 unspecified atom stereocenters. The van der Waals surface area contributed by atoms with E-state index >= 15 is 0 Å². The third-order valence-corrected chi connectivity index (χ3v) is 5.59. The summed E-state index contributed by atoms with van der Waals surface area (Å²) in [5.74, 6) is 0.339. The number of hydrogen-bond donors (Lipinski definition) is 0. The van der Waals surface area contributed by atoms with Crippen molar-refractivity contribution in [3.8, 4) is 10.8 Å². The Morgan fingerprint density at radius 1 is 1.14 bits per heavy atom. The van der Waals surface area contributed by atoms with E-state index in [4.69, 9.17) is 0 Å². The molecule has 1 saturated heterocycles. The average molecular weight is 399 g/mol. The van der Waals surface area contributed by atoms with Crippen LogP contribution in [-0.2, 0) is 7.05 Å². The molecule has 11 heteroatoms. The van der Waals surface area contributed by atoms with Gasteiger partial charge in [0.25, 0.3) is 11.7 Å². The second kappa shape index (κ2) is 7.35. The first-order valence-electron chi connectivity index (χ1n) is 8.64.